The van der Waals surface area contributed by atoms with E-state index in [0.717, 1.165) is 24.2 Å². The summed E-state index contributed by atoms with van der Waals surface area (Å²) in [6.45, 7) is 3.74. The number of thioether (sulfide) groups is 1. The number of hydrogen-bond donors (Lipinski definition) is 0. The van der Waals surface area contributed by atoms with Crippen molar-refractivity contribution in [3.63, 3.8) is 0 Å². The molecule has 0 saturated carbocycles. The maximum Gasteiger partial charge on any atom is 0.178 e. The molecule has 0 fully saturated rings. The van der Waals surface area contributed by atoms with Crippen molar-refractivity contribution in [3.8, 4) is 5.40 Å². The van der Waals surface area contributed by atoms with Crippen LogP contribution >= 0.6 is 11.8 Å². The van der Waals surface area contributed by atoms with Crippen LogP contribution in [0, 0.1) is 10.7 Å². The van der Waals surface area contributed by atoms with Crippen LogP contribution in [0.25, 0.3) is 0 Å². The first-order valence-corrected chi connectivity index (χ1v) is 9.02. The van der Waals surface area contributed by atoms with Gasteiger partial charge in [-0.15, -0.1) is 0 Å². The van der Waals surface area contributed by atoms with E-state index in [2.05, 4.69) is 12.3 Å². The van der Waals surface area contributed by atoms with Crippen molar-refractivity contribution in [1.29, 1.82) is 5.26 Å². The fourth-order valence-electron chi connectivity index (χ4n) is 1.98. The Labute approximate surface area is 119 Å². The van der Waals surface area contributed by atoms with Crippen molar-refractivity contribution in [3.05, 3.63) is 29.8 Å². The van der Waals surface area contributed by atoms with Crippen molar-refractivity contribution in [2.45, 2.75) is 37.5 Å². The summed E-state index contributed by atoms with van der Waals surface area (Å²) in [4.78, 5) is 0.402. The summed E-state index contributed by atoms with van der Waals surface area (Å²) in [6.07, 6.45) is 1.84. The van der Waals surface area contributed by atoms with Crippen molar-refractivity contribution in [2.24, 2.45) is 0 Å². The third kappa shape index (κ3) is 4.55. The van der Waals surface area contributed by atoms with Crippen molar-refractivity contribution in [1.82, 2.24) is 0 Å². The molecule has 0 N–H and O–H groups in total. The Kier molecular flexibility index (Phi) is 6.40. The highest BCUT2D eigenvalue weighted by Gasteiger charge is 2.15. The fraction of sp³-hybridized carbons (Fsp3) is 0.500. The molecule has 0 bridgehead atoms. The van der Waals surface area contributed by atoms with Crippen LogP contribution in [0.2, 0.25) is 0 Å². The zero-order chi connectivity index (χ0) is 14.3. The van der Waals surface area contributed by atoms with Gasteiger partial charge in [0.2, 0.25) is 0 Å². The Hall–Kier alpha value is -0.990. The fourth-order valence-corrected chi connectivity index (χ4v) is 3.41. The average molecular weight is 297 g/mol. The molecule has 0 spiro atoms. The Bertz CT molecular complexity index is 547. The molecule has 1 atom stereocenters. The highest BCUT2D eigenvalue weighted by Crippen LogP contribution is 2.27. The van der Waals surface area contributed by atoms with E-state index < -0.39 is 9.84 Å². The van der Waals surface area contributed by atoms with Gasteiger partial charge in [0.25, 0.3) is 0 Å². The lowest BCUT2D eigenvalue weighted by Crippen LogP contribution is -2.06. The molecule has 0 amide bonds. The van der Waals surface area contributed by atoms with E-state index in [0.29, 0.717) is 10.8 Å². The van der Waals surface area contributed by atoms with Gasteiger partial charge in [0.1, 0.15) is 5.40 Å². The lowest BCUT2D eigenvalue weighted by molar-refractivity contribution is 0.596. The van der Waals surface area contributed by atoms with Gasteiger partial charge in [-0.05, 0) is 48.2 Å². The Morgan fingerprint density at radius 2 is 2.11 bits per heavy atom. The van der Waals surface area contributed by atoms with Crippen LogP contribution in [-0.2, 0) is 9.84 Å². The van der Waals surface area contributed by atoms with Gasteiger partial charge in [0, 0.05) is 5.75 Å². The third-order valence-corrected chi connectivity index (χ3v) is 5.50. The molecule has 0 saturated heterocycles. The molecule has 1 aromatic rings. The first kappa shape index (κ1) is 16.1. The Morgan fingerprint density at radius 3 is 2.68 bits per heavy atom. The third-order valence-electron chi connectivity index (χ3n) is 3.19. The Morgan fingerprint density at radius 1 is 1.37 bits per heavy atom. The van der Waals surface area contributed by atoms with E-state index in [-0.39, 0.29) is 5.75 Å². The minimum absolute atomic E-state index is 0.123. The van der Waals surface area contributed by atoms with E-state index in [1.54, 1.807) is 25.1 Å². The second kappa shape index (κ2) is 7.56. The SMILES string of the molecule is CCC(CCSC#N)c1cccc(S(=O)(=O)CC)c1. The average Bonchev–Trinajstić information content (AvgIpc) is 2.44. The predicted molar refractivity (Wildman–Crippen MR) is 79.9 cm³/mol. The van der Waals surface area contributed by atoms with Crippen LogP contribution in [0.1, 0.15) is 38.2 Å². The molecule has 1 rings (SSSR count). The molecule has 1 aromatic carbocycles. The summed E-state index contributed by atoms with van der Waals surface area (Å²) >= 11 is 1.25. The molecule has 5 heteroatoms. The smallest absolute Gasteiger partial charge is 0.178 e. The van der Waals surface area contributed by atoms with Crippen molar-refractivity contribution in [2.75, 3.05) is 11.5 Å². The molecular weight excluding hydrogens is 278 g/mol. The quantitative estimate of drug-likeness (QED) is 0.570. The maximum absolute atomic E-state index is 11.9. The number of hydrogen-bond acceptors (Lipinski definition) is 4. The zero-order valence-electron chi connectivity index (χ0n) is 11.3. The molecule has 104 valence electrons. The Balaban J connectivity index is 2.94. The predicted octanol–water partition coefficient (Wildman–Crippen LogP) is 3.58. The van der Waals surface area contributed by atoms with Crippen molar-refractivity contribution < 1.29 is 8.42 Å². The van der Waals surface area contributed by atoms with Gasteiger partial charge in [0.05, 0.1) is 10.6 Å². The molecule has 1 unspecified atom stereocenters. The maximum atomic E-state index is 11.9. The highest BCUT2D eigenvalue weighted by atomic mass is 32.2. The summed E-state index contributed by atoms with van der Waals surface area (Å²) < 4.78 is 23.8. The van der Waals surface area contributed by atoms with Crippen LogP contribution in [0.3, 0.4) is 0 Å². The number of sulfone groups is 1. The van der Waals surface area contributed by atoms with E-state index in [1.807, 2.05) is 6.07 Å². The zero-order valence-corrected chi connectivity index (χ0v) is 12.9. The van der Waals surface area contributed by atoms with Crippen LogP contribution < -0.4 is 0 Å². The molecule has 0 aliphatic rings. The summed E-state index contributed by atoms with van der Waals surface area (Å²) in [5.74, 6) is 1.21. The summed E-state index contributed by atoms with van der Waals surface area (Å²) in [5, 5.41) is 10.6. The van der Waals surface area contributed by atoms with Crippen LogP contribution in [0.15, 0.2) is 29.2 Å². The molecule has 0 aromatic heterocycles. The largest absolute Gasteiger partial charge is 0.224 e. The normalized spacial score (nSPS) is 12.9. The first-order valence-electron chi connectivity index (χ1n) is 6.38. The molecule has 3 nitrogen and oxygen atoms in total. The summed E-state index contributed by atoms with van der Waals surface area (Å²) in [7, 11) is -3.15. The van der Waals surface area contributed by atoms with Gasteiger partial charge >= 0.3 is 0 Å². The lowest BCUT2D eigenvalue weighted by atomic mass is 9.94. The van der Waals surface area contributed by atoms with Crippen LogP contribution in [0.4, 0.5) is 0 Å². The van der Waals surface area contributed by atoms with Gasteiger partial charge < -0.3 is 0 Å². The number of rotatable bonds is 7. The monoisotopic (exact) mass is 297 g/mol. The van der Waals surface area contributed by atoms with Crippen molar-refractivity contribution >= 4 is 21.6 Å². The van der Waals surface area contributed by atoms with Gasteiger partial charge in [-0.1, -0.05) is 26.0 Å². The van der Waals surface area contributed by atoms with E-state index in [9.17, 15) is 8.42 Å². The molecule has 0 aliphatic carbocycles. The molecular formula is C14H19NO2S2. The molecule has 19 heavy (non-hydrogen) atoms. The lowest BCUT2D eigenvalue weighted by Gasteiger charge is -2.15. The van der Waals surface area contributed by atoms with Crippen LogP contribution in [-0.4, -0.2) is 19.9 Å². The first-order chi connectivity index (χ1) is 9.05. The minimum Gasteiger partial charge on any atom is -0.224 e. The van der Waals surface area contributed by atoms with Gasteiger partial charge in [-0.25, -0.2) is 8.42 Å². The number of nitrogens with zero attached hydrogens (tertiary/aromatic N) is 1. The van der Waals surface area contributed by atoms with Gasteiger partial charge in [-0.3, -0.25) is 0 Å². The second-order valence-corrected chi connectivity index (χ2v) is 7.47. The molecule has 0 radical (unpaired) electrons. The van der Waals surface area contributed by atoms with Gasteiger partial charge in [0.15, 0.2) is 9.84 Å². The minimum atomic E-state index is -3.15. The summed E-state index contributed by atoms with van der Waals surface area (Å²) in [5.41, 5.74) is 1.05. The summed E-state index contributed by atoms with van der Waals surface area (Å²) in [6, 6.07) is 7.21. The van der Waals surface area contributed by atoms with E-state index in [4.69, 9.17) is 5.26 Å². The standard InChI is InChI=1S/C14H19NO2S2/c1-3-12(8-9-18-11-15)13-6-5-7-14(10-13)19(16,17)4-2/h5-7,10,12H,3-4,8-9H2,1-2H3. The van der Waals surface area contributed by atoms with E-state index >= 15 is 0 Å². The van der Waals surface area contributed by atoms with Crippen LogP contribution in [0.5, 0.6) is 0 Å². The number of nitriles is 1. The molecule has 0 heterocycles. The number of benzene rings is 1. The topological polar surface area (TPSA) is 57.9 Å². The van der Waals surface area contributed by atoms with E-state index in [1.165, 1.54) is 11.8 Å². The highest BCUT2D eigenvalue weighted by molar-refractivity contribution is 8.03. The number of thiocyanates is 1. The van der Waals surface area contributed by atoms with Gasteiger partial charge in [-0.2, -0.15) is 5.26 Å². The molecule has 0 aliphatic heterocycles. The second-order valence-electron chi connectivity index (χ2n) is 4.31.